The van der Waals surface area contributed by atoms with Crippen molar-refractivity contribution in [3.63, 3.8) is 0 Å². The third-order valence-corrected chi connectivity index (χ3v) is 6.17. The number of nitrogens with zero attached hydrogens (tertiary/aromatic N) is 2. The Labute approximate surface area is 181 Å². The zero-order valence-corrected chi connectivity index (χ0v) is 17.5. The summed E-state index contributed by atoms with van der Waals surface area (Å²) < 4.78 is 13.1. The zero-order chi connectivity index (χ0) is 21.8. The molecule has 2 heterocycles. The zero-order valence-electron chi connectivity index (χ0n) is 17.5. The van der Waals surface area contributed by atoms with E-state index in [0.717, 1.165) is 26.1 Å². The van der Waals surface area contributed by atoms with Crippen molar-refractivity contribution in [2.45, 2.75) is 25.7 Å². The normalized spacial score (nSPS) is 19.4. The topological polar surface area (TPSA) is 72.9 Å². The van der Waals surface area contributed by atoms with Gasteiger partial charge in [-0.25, -0.2) is 9.18 Å². The monoisotopic (exact) mass is 425 g/mol. The average Bonchev–Trinajstić information content (AvgIpc) is 3.27. The smallest absolute Gasteiger partial charge is 0.337 e. The molecule has 2 aliphatic heterocycles. The van der Waals surface area contributed by atoms with Gasteiger partial charge in [-0.3, -0.25) is 4.79 Å². The van der Waals surface area contributed by atoms with Crippen LogP contribution in [0.25, 0.3) is 0 Å². The summed E-state index contributed by atoms with van der Waals surface area (Å²) in [5.74, 6) is -1.31. The molecule has 0 spiro atoms. The number of nitrogens with one attached hydrogen (secondary N) is 1. The van der Waals surface area contributed by atoms with Crippen LogP contribution in [0.4, 0.5) is 15.8 Å². The van der Waals surface area contributed by atoms with Crippen LogP contribution in [0.15, 0.2) is 42.5 Å². The highest BCUT2D eigenvalue weighted by Crippen LogP contribution is 2.30. The van der Waals surface area contributed by atoms with Crippen LogP contribution in [0.1, 0.15) is 46.4 Å². The lowest BCUT2D eigenvalue weighted by molar-refractivity contribution is 0.0697. The quantitative estimate of drug-likeness (QED) is 0.729. The molecule has 0 radical (unpaired) electrons. The molecule has 2 saturated heterocycles. The van der Waals surface area contributed by atoms with Gasteiger partial charge in [-0.05, 0) is 87.2 Å². The van der Waals surface area contributed by atoms with Gasteiger partial charge in [0.2, 0.25) is 0 Å². The third kappa shape index (κ3) is 5.22. The molecule has 0 aliphatic carbocycles. The summed E-state index contributed by atoms with van der Waals surface area (Å²) in [6.45, 7) is 5.08. The lowest BCUT2D eigenvalue weighted by Crippen LogP contribution is -2.41. The van der Waals surface area contributed by atoms with Crippen molar-refractivity contribution in [1.82, 2.24) is 4.90 Å². The number of anilines is 2. The predicted octanol–water partition coefficient (Wildman–Crippen LogP) is 4.09. The van der Waals surface area contributed by atoms with Crippen molar-refractivity contribution in [3.05, 3.63) is 59.4 Å². The first kappa shape index (κ1) is 21.3. The second-order valence-electron chi connectivity index (χ2n) is 8.46. The number of carbonyl (C=O) groups is 2. The largest absolute Gasteiger partial charge is 0.478 e. The van der Waals surface area contributed by atoms with Crippen LogP contribution in [-0.4, -0.2) is 54.6 Å². The maximum absolute atomic E-state index is 13.1. The molecular weight excluding hydrogens is 397 g/mol. The van der Waals surface area contributed by atoms with Crippen molar-refractivity contribution in [3.8, 4) is 0 Å². The number of carboxylic acids is 1. The minimum absolute atomic E-state index is 0.179. The molecule has 164 valence electrons. The van der Waals surface area contributed by atoms with E-state index in [1.165, 1.54) is 62.7 Å². The highest BCUT2D eigenvalue weighted by molar-refractivity contribution is 6.05. The Bertz CT molecular complexity index is 942. The van der Waals surface area contributed by atoms with Crippen LogP contribution < -0.4 is 10.2 Å². The van der Waals surface area contributed by atoms with Gasteiger partial charge in [0, 0.05) is 30.9 Å². The molecule has 31 heavy (non-hydrogen) atoms. The second-order valence-corrected chi connectivity index (χ2v) is 8.46. The Morgan fingerprint density at radius 1 is 1.03 bits per heavy atom. The summed E-state index contributed by atoms with van der Waals surface area (Å²) in [4.78, 5) is 29.1. The summed E-state index contributed by atoms with van der Waals surface area (Å²) in [5.41, 5.74) is 1.58. The molecule has 0 aromatic heterocycles. The molecule has 2 aromatic carbocycles. The maximum Gasteiger partial charge on any atom is 0.337 e. The van der Waals surface area contributed by atoms with Crippen LogP contribution in [0.3, 0.4) is 0 Å². The standard InChI is InChI=1S/C24H28FN3O3/c25-19-7-5-18(6-8-19)23(29)26-20-9-10-22(21(14-20)24(30)31)28-13-3-4-17(16-28)15-27-11-1-2-12-27/h5-10,14,17H,1-4,11-13,15-16H2,(H,26,29)(H,30,31). The molecule has 4 rings (SSSR count). The molecule has 1 unspecified atom stereocenters. The number of carboxylic acid groups (broad SMARTS) is 1. The van der Waals surface area contributed by atoms with Crippen molar-refractivity contribution in [1.29, 1.82) is 0 Å². The van der Waals surface area contributed by atoms with Crippen LogP contribution in [0.5, 0.6) is 0 Å². The number of halogens is 1. The molecule has 0 saturated carbocycles. The number of hydrogen-bond donors (Lipinski definition) is 2. The fourth-order valence-electron chi connectivity index (χ4n) is 4.63. The van der Waals surface area contributed by atoms with E-state index in [0.29, 0.717) is 22.9 Å². The summed E-state index contributed by atoms with van der Waals surface area (Å²) in [5, 5.41) is 12.5. The lowest BCUT2D eigenvalue weighted by Gasteiger charge is -2.36. The van der Waals surface area contributed by atoms with Gasteiger partial charge in [0.15, 0.2) is 0 Å². The van der Waals surface area contributed by atoms with Crippen molar-refractivity contribution >= 4 is 23.3 Å². The van der Waals surface area contributed by atoms with Gasteiger partial charge < -0.3 is 20.2 Å². The van der Waals surface area contributed by atoms with Gasteiger partial charge in [0.1, 0.15) is 5.82 Å². The fourth-order valence-corrected chi connectivity index (χ4v) is 4.63. The van der Waals surface area contributed by atoms with Gasteiger partial charge in [-0.15, -0.1) is 0 Å². The number of rotatable bonds is 6. The van der Waals surface area contributed by atoms with E-state index in [1.807, 2.05) is 0 Å². The number of hydrogen-bond acceptors (Lipinski definition) is 4. The summed E-state index contributed by atoms with van der Waals surface area (Å²) in [6.07, 6.45) is 4.75. The van der Waals surface area contributed by atoms with Crippen LogP contribution >= 0.6 is 0 Å². The Morgan fingerprint density at radius 2 is 1.77 bits per heavy atom. The lowest BCUT2D eigenvalue weighted by atomic mass is 9.96. The molecule has 1 atom stereocenters. The Hall–Kier alpha value is -2.93. The molecular formula is C24H28FN3O3. The van der Waals surface area contributed by atoms with E-state index in [-0.39, 0.29) is 5.56 Å². The van der Waals surface area contributed by atoms with Crippen molar-refractivity contribution in [2.75, 3.05) is 42.9 Å². The first-order chi connectivity index (χ1) is 15.0. The molecule has 2 aliphatic rings. The first-order valence-corrected chi connectivity index (χ1v) is 10.9. The van der Waals surface area contributed by atoms with E-state index < -0.39 is 17.7 Å². The number of carbonyl (C=O) groups excluding carboxylic acids is 1. The summed E-state index contributed by atoms with van der Waals surface area (Å²) in [7, 11) is 0. The number of aromatic carboxylic acids is 1. The molecule has 2 N–H and O–H groups in total. The first-order valence-electron chi connectivity index (χ1n) is 10.9. The van der Waals surface area contributed by atoms with Gasteiger partial charge >= 0.3 is 5.97 Å². The molecule has 7 heteroatoms. The van der Waals surface area contributed by atoms with E-state index >= 15 is 0 Å². The van der Waals surface area contributed by atoms with Gasteiger partial charge in [-0.2, -0.15) is 0 Å². The van der Waals surface area contributed by atoms with Crippen LogP contribution in [0, 0.1) is 11.7 Å². The minimum atomic E-state index is -1.02. The molecule has 0 bridgehead atoms. The third-order valence-electron chi connectivity index (χ3n) is 6.17. The van der Waals surface area contributed by atoms with Crippen LogP contribution in [-0.2, 0) is 0 Å². The highest BCUT2D eigenvalue weighted by atomic mass is 19.1. The van der Waals surface area contributed by atoms with E-state index in [1.54, 1.807) is 12.1 Å². The maximum atomic E-state index is 13.1. The van der Waals surface area contributed by atoms with E-state index in [9.17, 15) is 19.1 Å². The Kier molecular flexibility index (Phi) is 6.51. The van der Waals surface area contributed by atoms with E-state index in [2.05, 4.69) is 15.1 Å². The Morgan fingerprint density at radius 3 is 2.48 bits per heavy atom. The molecule has 1 amide bonds. The highest BCUT2D eigenvalue weighted by Gasteiger charge is 2.26. The van der Waals surface area contributed by atoms with Crippen molar-refractivity contribution in [2.24, 2.45) is 5.92 Å². The molecule has 6 nitrogen and oxygen atoms in total. The predicted molar refractivity (Wildman–Crippen MR) is 118 cm³/mol. The van der Waals surface area contributed by atoms with Crippen LogP contribution in [0.2, 0.25) is 0 Å². The van der Waals surface area contributed by atoms with Gasteiger partial charge in [0.05, 0.1) is 11.3 Å². The number of benzene rings is 2. The van der Waals surface area contributed by atoms with E-state index in [4.69, 9.17) is 0 Å². The van der Waals surface area contributed by atoms with Gasteiger partial charge in [-0.1, -0.05) is 0 Å². The fraction of sp³-hybridized carbons (Fsp3) is 0.417. The SMILES string of the molecule is O=C(Nc1ccc(N2CCCC(CN3CCCC3)C2)c(C(=O)O)c1)c1ccc(F)cc1. The number of amides is 1. The second kappa shape index (κ2) is 9.47. The summed E-state index contributed by atoms with van der Waals surface area (Å²) in [6, 6.07) is 10.2. The molecule has 2 aromatic rings. The number of likely N-dealkylation sites (tertiary alicyclic amines) is 1. The minimum Gasteiger partial charge on any atom is -0.478 e. The average molecular weight is 426 g/mol. The van der Waals surface area contributed by atoms with Crippen molar-refractivity contribution < 1.29 is 19.1 Å². The molecule has 2 fully saturated rings. The summed E-state index contributed by atoms with van der Waals surface area (Å²) >= 11 is 0. The number of piperidine rings is 1. The Balaban J connectivity index is 1.48. The van der Waals surface area contributed by atoms with Gasteiger partial charge in [0.25, 0.3) is 5.91 Å².